The van der Waals surface area contributed by atoms with Gasteiger partial charge in [0.15, 0.2) is 0 Å². The summed E-state index contributed by atoms with van der Waals surface area (Å²) in [5, 5.41) is 0. The number of carbonyl (C=O) groups is 1. The van der Waals surface area contributed by atoms with Gasteiger partial charge in [-0.15, -0.1) is 0 Å². The van der Waals surface area contributed by atoms with E-state index in [1.807, 2.05) is 29.2 Å². The van der Waals surface area contributed by atoms with Crippen molar-refractivity contribution in [3.63, 3.8) is 0 Å². The summed E-state index contributed by atoms with van der Waals surface area (Å²) < 4.78 is 5.33. The summed E-state index contributed by atoms with van der Waals surface area (Å²) >= 11 is 0. The Kier molecular flexibility index (Phi) is 6.57. The molecule has 150 valence electrons. The van der Waals surface area contributed by atoms with Gasteiger partial charge in [0.1, 0.15) is 5.75 Å². The summed E-state index contributed by atoms with van der Waals surface area (Å²) in [6.07, 6.45) is 1.96. The summed E-state index contributed by atoms with van der Waals surface area (Å²) in [5.74, 6) is 0.869. The summed E-state index contributed by atoms with van der Waals surface area (Å²) in [6, 6.07) is 16.8. The Labute approximate surface area is 168 Å². The van der Waals surface area contributed by atoms with Crippen LogP contribution in [0.4, 0.5) is 11.4 Å². The third-order valence-corrected chi connectivity index (χ3v) is 5.45. The Morgan fingerprint density at radius 2 is 1.75 bits per heavy atom. The molecular formula is C23H31N3O2. The van der Waals surface area contributed by atoms with E-state index < -0.39 is 0 Å². The first-order valence-electron chi connectivity index (χ1n) is 9.90. The Bertz CT molecular complexity index is 781. The molecule has 1 aliphatic rings. The molecule has 0 N–H and O–H groups in total. The van der Waals surface area contributed by atoms with Gasteiger partial charge in [0.2, 0.25) is 5.91 Å². The summed E-state index contributed by atoms with van der Waals surface area (Å²) in [4.78, 5) is 18.9. The second-order valence-electron chi connectivity index (χ2n) is 7.66. The van der Waals surface area contributed by atoms with E-state index in [4.69, 9.17) is 4.74 Å². The predicted molar refractivity (Wildman–Crippen MR) is 115 cm³/mol. The van der Waals surface area contributed by atoms with E-state index in [2.05, 4.69) is 48.2 Å². The van der Waals surface area contributed by atoms with Crippen LogP contribution in [0.5, 0.6) is 5.75 Å². The predicted octanol–water partition coefficient (Wildman–Crippen LogP) is 3.78. The number of hydrogen-bond acceptors (Lipinski definition) is 4. The van der Waals surface area contributed by atoms with E-state index in [1.54, 1.807) is 14.0 Å². The lowest BCUT2D eigenvalue weighted by molar-refractivity contribution is -0.117. The molecule has 0 aliphatic carbocycles. The molecule has 0 saturated carbocycles. The zero-order valence-corrected chi connectivity index (χ0v) is 17.4. The van der Waals surface area contributed by atoms with E-state index in [1.165, 1.54) is 11.3 Å². The van der Waals surface area contributed by atoms with E-state index in [0.717, 1.165) is 43.9 Å². The normalized spacial score (nSPS) is 15.3. The first kappa shape index (κ1) is 20.2. The van der Waals surface area contributed by atoms with Crippen molar-refractivity contribution in [1.29, 1.82) is 0 Å². The number of likely N-dealkylation sites (tertiary alicyclic amines) is 1. The van der Waals surface area contributed by atoms with Crippen LogP contribution in [0.25, 0.3) is 0 Å². The smallest absolute Gasteiger partial charge is 0.224 e. The monoisotopic (exact) mass is 381 g/mol. The van der Waals surface area contributed by atoms with Crippen LogP contribution in [0.1, 0.15) is 25.3 Å². The highest BCUT2D eigenvalue weighted by atomic mass is 16.5. The third kappa shape index (κ3) is 4.84. The molecule has 0 radical (unpaired) electrons. The number of anilines is 2. The van der Waals surface area contributed by atoms with Crippen molar-refractivity contribution in [2.24, 2.45) is 0 Å². The Hall–Kier alpha value is -2.53. The minimum Gasteiger partial charge on any atom is -0.497 e. The maximum Gasteiger partial charge on any atom is 0.224 e. The maximum atomic E-state index is 12.4. The number of hydrogen-bond donors (Lipinski definition) is 0. The zero-order valence-electron chi connectivity index (χ0n) is 17.4. The maximum absolute atomic E-state index is 12.4. The minimum atomic E-state index is 0.0889. The van der Waals surface area contributed by atoms with Gasteiger partial charge in [-0.25, -0.2) is 0 Å². The van der Waals surface area contributed by atoms with Gasteiger partial charge >= 0.3 is 0 Å². The highest BCUT2D eigenvalue weighted by molar-refractivity contribution is 5.92. The molecule has 2 aromatic rings. The highest BCUT2D eigenvalue weighted by Crippen LogP contribution is 2.27. The molecule has 5 nitrogen and oxygen atoms in total. The molecule has 0 atom stereocenters. The summed E-state index contributed by atoms with van der Waals surface area (Å²) in [7, 11) is 5.77. The Morgan fingerprint density at radius 3 is 2.32 bits per heavy atom. The molecule has 3 rings (SSSR count). The van der Waals surface area contributed by atoms with Gasteiger partial charge in [-0.3, -0.25) is 9.69 Å². The number of rotatable bonds is 6. The summed E-state index contributed by atoms with van der Waals surface area (Å²) in [6.45, 7) is 4.60. The van der Waals surface area contributed by atoms with Crippen molar-refractivity contribution in [2.75, 3.05) is 44.1 Å². The van der Waals surface area contributed by atoms with Gasteiger partial charge in [-0.1, -0.05) is 18.2 Å². The quantitative estimate of drug-likeness (QED) is 0.763. The first-order chi connectivity index (χ1) is 13.5. The topological polar surface area (TPSA) is 36.0 Å². The van der Waals surface area contributed by atoms with Crippen LogP contribution in [0.3, 0.4) is 0 Å². The SMILES string of the molecule is COc1cccc(N(C(C)=O)C2CCN(Cc3ccc(N(C)C)cc3)CC2)c1. The van der Waals surface area contributed by atoms with Crippen molar-refractivity contribution in [3.8, 4) is 5.75 Å². The molecule has 1 amide bonds. The van der Waals surface area contributed by atoms with Gasteiger partial charge in [0.05, 0.1) is 7.11 Å². The lowest BCUT2D eigenvalue weighted by Gasteiger charge is -2.38. The molecule has 0 aromatic heterocycles. The Balaban J connectivity index is 1.61. The standard InChI is InChI=1S/C23H31N3O2/c1-18(27)26(22-6-5-7-23(16-22)28-4)21-12-14-25(15-13-21)17-19-8-10-20(11-9-19)24(2)3/h5-11,16,21H,12-15,17H2,1-4H3. The average molecular weight is 382 g/mol. The number of ether oxygens (including phenoxy) is 1. The number of nitrogens with zero attached hydrogens (tertiary/aromatic N) is 3. The van der Waals surface area contributed by atoms with Crippen molar-refractivity contribution < 1.29 is 9.53 Å². The van der Waals surface area contributed by atoms with Gasteiger partial charge in [-0.2, -0.15) is 0 Å². The lowest BCUT2D eigenvalue weighted by Crippen LogP contribution is -2.46. The van der Waals surface area contributed by atoms with E-state index >= 15 is 0 Å². The molecule has 2 aromatic carbocycles. The van der Waals surface area contributed by atoms with E-state index in [0.29, 0.717) is 0 Å². The highest BCUT2D eigenvalue weighted by Gasteiger charge is 2.27. The summed E-state index contributed by atoms with van der Waals surface area (Å²) in [5.41, 5.74) is 3.47. The van der Waals surface area contributed by atoms with Crippen molar-refractivity contribution in [1.82, 2.24) is 4.90 Å². The number of methoxy groups -OCH3 is 1. The molecule has 0 spiro atoms. The van der Waals surface area contributed by atoms with Crippen LogP contribution < -0.4 is 14.5 Å². The zero-order chi connectivity index (χ0) is 20.1. The molecule has 1 saturated heterocycles. The molecule has 0 unspecified atom stereocenters. The number of benzene rings is 2. The van der Waals surface area contributed by atoms with Crippen molar-refractivity contribution in [3.05, 3.63) is 54.1 Å². The van der Waals surface area contributed by atoms with Crippen LogP contribution in [-0.4, -0.2) is 51.1 Å². The largest absolute Gasteiger partial charge is 0.497 e. The first-order valence-corrected chi connectivity index (χ1v) is 9.90. The molecule has 0 bridgehead atoms. The second-order valence-corrected chi connectivity index (χ2v) is 7.66. The van der Waals surface area contributed by atoms with Crippen LogP contribution in [0, 0.1) is 0 Å². The fourth-order valence-electron chi connectivity index (χ4n) is 3.90. The second kappa shape index (κ2) is 9.11. The molecule has 1 aliphatic heterocycles. The third-order valence-electron chi connectivity index (χ3n) is 5.45. The lowest BCUT2D eigenvalue weighted by atomic mass is 10.0. The molecular weight excluding hydrogens is 350 g/mol. The van der Waals surface area contributed by atoms with Gasteiger partial charge < -0.3 is 14.5 Å². The van der Waals surface area contributed by atoms with Crippen LogP contribution in [-0.2, 0) is 11.3 Å². The van der Waals surface area contributed by atoms with Crippen LogP contribution >= 0.6 is 0 Å². The molecule has 5 heteroatoms. The van der Waals surface area contributed by atoms with Gasteiger partial charge in [0, 0.05) is 64.1 Å². The van der Waals surface area contributed by atoms with Crippen molar-refractivity contribution in [2.45, 2.75) is 32.4 Å². The van der Waals surface area contributed by atoms with Crippen molar-refractivity contribution >= 4 is 17.3 Å². The average Bonchev–Trinajstić information content (AvgIpc) is 2.70. The van der Waals surface area contributed by atoms with E-state index in [9.17, 15) is 4.79 Å². The minimum absolute atomic E-state index is 0.0889. The van der Waals surface area contributed by atoms with Gasteiger partial charge in [-0.05, 0) is 42.7 Å². The number of carbonyl (C=O) groups excluding carboxylic acids is 1. The van der Waals surface area contributed by atoms with E-state index in [-0.39, 0.29) is 11.9 Å². The number of amides is 1. The van der Waals surface area contributed by atoms with Gasteiger partial charge in [0.25, 0.3) is 0 Å². The van der Waals surface area contributed by atoms with Crippen LogP contribution in [0.2, 0.25) is 0 Å². The Morgan fingerprint density at radius 1 is 1.07 bits per heavy atom. The molecule has 1 heterocycles. The number of piperidine rings is 1. The molecule has 1 fully saturated rings. The van der Waals surface area contributed by atoms with Crippen LogP contribution in [0.15, 0.2) is 48.5 Å². The fraction of sp³-hybridized carbons (Fsp3) is 0.435. The molecule has 28 heavy (non-hydrogen) atoms. The fourth-order valence-corrected chi connectivity index (χ4v) is 3.90.